The summed E-state index contributed by atoms with van der Waals surface area (Å²) in [6, 6.07) is 7.80. The van der Waals surface area contributed by atoms with E-state index in [1.807, 2.05) is 49.9 Å². The number of benzene rings is 1. The number of ether oxygens (including phenoxy) is 1. The molecule has 1 fully saturated rings. The highest BCUT2D eigenvalue weighted by Crippen LogP contribution is 2.22. The first-order valence-electron chi connectivity index (χ1n) is 9.45. The molecule has 1 saturated heterocycles. The Morgan fingerprint density at radius 1 is 1.30 bits per heavy atom. The van der Waals surface area contributed by atoms with Gasteiger partial charge < -0.3 is 19.9 Å². The molecule has 2 aromatic rings. The molecule has 0 aliphatic carbocycles. The van der Waals surface area contributed by atoms with E-state index < -0.39 is 0 Å². The van der Waals surface area contributed by atoms with Crippen molar-refractivity contribution in [2.45, 2.75) is 39.9 Å². The van der Waals surface area contributed by atoms with Crippen LogP contribution in [-0.2, 0) is 11.3 Å². The number of hydrogen-bond acceptors (Lipinski definition) is 5. The Hall–Kier alpha value is -2.12. The molecule has 2 amide bonds. The van der Waals surface area contributed by atoms with Gasteiger partial charge in [0.15, 0.2) is 5.13 Å². The third-order valence-corrected chi connectivity index (χ3v) is 5.44. The minimum Gasteiger partial charge on any atom is -0.374 e. The maximum absolute atomic E-state index is 12.7. The first-order chi connectivity index (χ1) is 13.0. The zero-order chi connectivity index (χ0) is 19.2. The largest absolute Gasteiger partial charge is 0.374 e. The Balaban J connectivity index is 1.56. The molecule has 27 heavy (non-hydrogen) atoms. The number of carbonyl (C=O) groups excluding carboxylic acids is 1. The summed E-state index contributed by atoms with van der Waals surface area (Å²) in [7, 11) is 0. The number of carbonyl (C=O) groups is 1. The fraction of sp³-hybridized carbons (Fsp3) is 0.500. The first-order valence-corrected chi connectivity index (χ1v) is 10.3. The number of nitrogens with zero attached hydrogens (tertiary/aromatic N) is 3. The molecule has 2 heterocycles. The van der Waals surface area contributed by atoms with Gasteiger partial charge >= 0.3 is 6.03 Å². The number of aryl methyl sites for hydroxylation is 1. The van der Waals surface area contributed by atoms with Gasteiger partial charge in [0.2, 0.25) is 0 Å². The number of rotatable bonds is 5. The Morgan fingerprint density at radius 3 is 2.89 bits per heavy atom. The lowest BCUT2D eigenvalue weighted by atomic mass is 10.2. The highest BCUT2D eigenvalue weighted by molar-refractivity contribution is 7.13. The average molecular weight is 389 g/mol. The van der Waals surface area contributed by atoms with Gasteiger partial charge in [0.1, 0.15) is 0 Å². The number of anilines is 2. The number of nitrogens with one attached hydrogen (secondary N) is 1. The van der Waals surface area contributed by atoms with Crippen molar-refractivity contribution in [1.82, 2.24) is 9.88 Å². The van der Waals surface area contributed by atoms with Gasteiger partial charge in [-0.05, 0) is 44.9 Å². The van der Waals surface area contributed by atoms with Crippen LogP contribution in [0.4, 0.5) is 15.6 Å². The van der Waals surface area contributed by atoms with Gasteiger partial charge in [-0.3, -0.25) is 0 Å². The second-order valence-corrected chi connectivity index (χ2v) is 7.93. The van der Waals surface area contributed by atoms with E-state index in [4.69, 9.17) is 4.74 Å². The van der Waals surface area contributed by atoms with Crippen molar-refractivity contribution in [2.24, 2.45) is 0 Å². The normalized spacial score (nSPS) is 15.1. The molecule has 0 bridgehead atoms. The molecule has 1 N–H and O–H groups in total. The van der Waals surface area contributed by atoms with Crippen molar-refractivity contribution in [3.63, 3.8) is 0 Å². The predicted molar refractivity (Wildman–Crippen MR) is 111 cm³/mol. The van der Waals surface area contributed by atoms with Crippen LogP contribution in [0, 0.1) is 6.92 Å². The molecule has 0 spiro atoms. The molecule has 0 unspecified atom stereocenters. The third-order valence-electron chi connectivity index (χ3n) is 4.42. The molecular formula is C20H28N4O2S. The number of amides is 2. The van der Waals surface area contributed by atoms with E-state index in [1.165, 1.54) is 0 Å². The molecule has 6 nitrogen and oxygen atoms in total. The second-order valence-electron chi connectivity index (χ2n) is 7.09. The van der Waals surface area contributed by atoms with Crippen LogP contribution in [0.5, 0.6) is 0 Å². The van der Waals surface area contributed by atoms with Crippen molar-refractivity contribution in [1.29, 1.82) is 0 Å². The molecule has 1 aromatic heterocycles. The van der Waals surface area contributed by atoms with Crippen molar-refractivity contribution in [2.75, 3.05) is 36.4 Å². The van der Waals surface area contributed by atoms with Crippen LogP contribution < -0.4 is 10.2 Å². The van der Waals surface area contributed by atoms with Crippen molar-refractivity contribution in [3.8, 4) is 0 Å². The first kappa shape index (κ1) is 19.6. The van der Waals surface area contributed by atoms with E-state index >= 15 is 0 Å². The van der Waals surface area contributed by atoms with E-state index in [-0.39, 0.29) is 12.1 Å². The predicted octanol–water partition coefficient (Wildman–Crippen LogP) is 4.12. The molecular weight excluding hydrogens is 360 g/mol. The Kier molecular flexibility index (Phi) is 6.68. The highest BCUT2D eigenvalue weighted by Gasteiger charge is 2.20. The second kappa shape index (κ2) is 9.19. The molecule has 0 radical (unpaired) electrons. The summed E-state index contributed by atoms with van der Waals surface area (Å²) in [5.74, 6) is 0. The Morgan fingerprint density at radius 2 is 2.15 bits per heavy atom. The number of urea groups is 1. The summed E-state index contributed by atoms with van der Waals surface area (Å²) in [5.41, 5.74) is 2.92. The van der Waals surface area contributed by atoms with E-state index in [0.29, 0.717) is 13.2 Å². The highest BCUT2D eigenvalue weighted by atomic mass is 32.1. The lowest BCUT2D eigenvalue weighted by Crippen LogP contribution is -2.38. The van der Waals surface area contributed by atoms with Crippen LogP contribution in [0.15, 0.2) is 29.6 Å². The van der Waals surface area contributed by atoms with Crippen molar-refractivity contribution >= 4 is 28.2 Å². The topological polar surface area (TPSA) is 57.7 Å². The number of aromatic nitrogens is 1. The van der Waals surface area contributed by atoms with Gasteiger partial charge in [0.05, 0.1) is 18.4 Å². The van der Waals surface area contributed by atoms with E-state index in [9.17, 15) is 4.79 Å². The molecule has 0 saturated carbocycles. The summed E-state index contributed by atoms with van der Waals surface area (Å²) in [6.45, 7) is 9.78. The van der Waals surface area contributed by atoms with Crippen LogP contribution in [0.2, 0.25) is 0 Å². The number of thiazole rings is 1. The maximum Gasteiger partial charge on any atom is 0.321 e. The van der Waals surface area contributed by atoms with Gasteiger partial charge in [-0.1, -0.05) is 12.1 Å². The lowest BCUT2D eigenvalue weighted by Gasteiger charge is -2.22. The third kappa shape index (κ3) is 5.68. The molecule has 0 atom stereocenters. The van der Waals surface area contributed by atoms with Gasteiger partial charge in [-0.15, -0.1) is 11.3 Å². The molecule has 1 aromatic carbocycles. The number of hydrogen-bond donors (Lipinski definition) is 1. The zero-order valence-electron chi connectivity index (χ0n) is 16.3. The zero-order valence-corrected chi connectivity index (χ0v) is 17.1. The van der Waals surface area contributed by atoms with Crippen molar-refractivity contribution < 1.29 is 9.53 Å². The SMILES string of the molecule is Cc1csc(N2CCCN(C(=O)Nc3cccc(COC(C)C)c3)CC2)n1. The van der Waals surface area contributed by atoms with Gasteiger partial charge in [0, 0.05) is 37.2 Å². The Labute approximate surface area is 165 Å². The Bertz CT molecular complexity index is 762. The summed E-state index contributed by atoms with van der Waals surface area (Å²) < 4.78 is 5.64. The molecule has 1 aliphatic rings. The van der Waals surface area contributed by atoms with Crippen molar-refractivity contribution in [3.05, 3.63) is 40.9 Å². The fourth-order valence-corrected chi connectivity index (χ4v) is 3.86. The average Bonchev–Trinajstić information content (AvgIpc) is 2.92. The van der Waals surface area contributed by atoms with Crippen LogP contribution >= 0.6 is 11.3 Å². The van der Waals surface area contributed by atoms with E-state index in [0.717, 1.165) is 48.1 Å². The standard InChI is InChI=1S/C20H28N4O2S/c1-15(2)26-13-17-6-4-7-18(12-17)22-19(25)23-8-5-9-24(11-10-23)20-21-16(3)14-27-20/h4,6-7,12,14-15H,5,8-11,13H2,1-3H3,(H,22,25). The fourth-order valence-electron chi connectivity index (χ4n) is 3.00. The lowest BCUT2D eigenvalue weighted by molar-refractivity contribution is 0.0657. The summed E-state index contributed by atoms with van der Waals surface area (Å²) in [5, 5.41) is 6.14. The van der Waals surface area contributed by atoms with Gasteiger partial charge in [0.25, 0.3) is 0 Å². The monoisotopic (exact) mass is 388 g/mol. The minimum absolute atomic E-state index is 0.0471. The smallest absolute Gasteiger partial charge is 0.321 e. The van der Waals surface area contributed by atoms with Gasteiger partial charge in [-0.2, -0.15) is 0 Å². The summed E-state index contributed by atoms with van der Waals surface area (Å²) >= 11 is 1.67. The van der Waals surface area contributed by atoms with Crippen LogP contribution in [0.1, 0.15) is 31.5 Å². The van der Waals surface area contributed by atoms with Crippen LogP contribution in [-0.4, -0.2) is 48.2 Å². The quantitative estimate of drug-likeness (QED) is 0.837. The maximum atomic E-state index is 12.7. The molecule has 146 valence electrons. The molecule has 1 aliphatic heterocycles. The van der Waals surface area contributed by atoms with E-state index in [2.05, 4.69) is 20.6 Å². The summed E-state index contributed by atoms with van der Waals surface area (Å²) in [6.07, 6.45) is 1.12. The minimum atomic E-state index is -0.0471. The van der Waals surface area contributed by atoms with Crippen LogP contribution in [0.3, 0.4) is 0 Å². The van der Waals surface area contributed by atoms with Gasteiger partial charge in [-0.25, -0.2) is 9.78 Å². The molecule has 7 heteroatoms. The van der Waals surface area contributed by atoms with E-state index in [1.54, 1.807) is 11.3 Å². The summed E-state index contributed by atoms with van der Waals surface area (Å²) in [4.78, 5) is 21.4. The molecule has 3 rings (SSSR count). The van der Waals surface area contributed by atoms with Crippen LogP contribution in [0.25, 0.3) is 0 Å².